The van der Waals surface area contributed by atoms with Crippen molar-refractivity contribution in [3.05, 3.63) is 29.6 Å². The van der Waals surface area contributed by atoms with Gasteiger partial charge in [-0.25, -0.2) is 17.1 Å². The number of nitriles is 1. The van der Waals surface area contributed by atoms with Gasteiger partial charge >= 0.3 is 5.97 Å². The molecule has 0 aliphatic carbocycles. The molecule has 0 heterocycles. The number of carboxylic acid groups (broad SMARTS) is 1. The van der Waals surface area contributed by atoms with Gasteiger partial charge in [-0.3, -0.25) is 4.79 Å². The van der Waals surface area contributed by atoms with Crippen molar-refractivity contribution >= 4 is 16.0 Å². The van der Waals surface area contributed by atoms with Crippen LogP contribution >= 0.6 is 0 Å². The summed E-state index contributed by atoms with van der Waals surface area (Å²) in [7, 11) is -2.84. The lowest BCUT2D eigenvalue weighted by Gasteiger charge is -2.19. The summed E-state index contributed by atoms with van der Waals surface area (Å²) in [5, 5.41) is 17.6. The van der Waals surface area contributed by atoms with Crippen molar-refractivity contribution in [1.29, 1.82) is 5.26 Å². The van der Waals surface area contributed by atoms with Crippen LogP contribution in [0, 0.1) is 23.1 Å². The average Bonchev–Trinajstić information content (AvgIpc) is 2.37. The maximum Gasteiger partial charge on any atom is 0.307 e. The Morgan fingerprint density at radius 1 is 1.55 bits per heavy atom. The summed E-state index contributed by atoms with van der Waals surface area (Å²) < 4.78 is 38.3. The maximum atomic E-state index is 13.0. The number of carbonyl (C=O) groups is 1. The highest BCUT2D eigenvalue weighted by Crippen LogP contribution is 2.20. The van der Waals surface area contributed by atoms with E-state index in [2.05, 4.69) is 0 Å². The van der Waals surface area contributed by atoms with Crippen LogP contribution in [-0.4, -0.2) is 37.4 Å². The summed E-state index contributed by atoms with van der Waals surface area (Å²) >= 11 is 0. The lowest BCUT2D eigenvalue weighted by Crippen LogP contribution is -2.34. The van der Waals surface area contributed by atoms with Crippen LogP contribution in [0.3, 0.4) is 0 Å². The Morgan fingerprint density at radius 2 is 2.15 bits per heavy atom. The number of hydrogen-bond donors (Lipinski definition) is 1. The predicted octanol–water partition coefficient (Wildman–Crippen LogP) is 1.04. The first-order valence-electron chi connectivity index (χ1n) is 5.59. The first kappa shape index (κ1) is 16.1. The first-order valence-corrected chi connectivity index (χ1v) is 7.03. The number of nitrogens with zero attached hydrogens (tertiary/aromatic N) is 2. The average molecular weight is 300 g/mol. The van der Waals surface area contributed by atoms with Gasteiger partial charge in [0.25, 0.3) is 0 Å². The fourth-order valence-corrected chi connectivity index (χ4v) is 2.92. The van der Waals surface area contributed by atoms with Crippen molar-refractivity contribution in [2.45, 2.75) is 11.8 Å². The second kappa shape index (κ2) is 5.98. The summed E-state index contributed by atoms with van der Waals surface area (Å²) in [6.45, 7) is 1.12. The third-order valence-electron chi connectivity index (χ3n) is 2.70. The van der Waals surface area contributed by atoms with Gasteiger partial charge in [0, 0.05) is 13.6 Å². The van der Waals surface area contributed by atoms with Gasteiger partial charge in [-0.1, -0.05) is 6.92 Å². The summed E-state index contributed by atoms with van der Waals surface area (Å²) in [4.78, 5) is 10.4. The van der Waals surface area contributed by atoms with Crippen LogP contribution < -0.4 is 0 Å². The first-order chi connectivity index (χ1) is 9.20. The Labute approximate surface area is 116 Å². The highest BCUT2D eigenvalue weighted by Gasteiger charge is 2.27. The zero-order chi connectivity index (χ0) is 15.5. The van der Waals surface area contributed by atoms with Crippen molar-refractivity contribution in [3.63, 3.8) is 0 Å². The van der Waals surface area contributed by atoms with E-state index in [1.165, 1.54) is 14.0 Å². The quantitative estimate of drug-likeness (QED) is 0.876. The molecular weight excluding hydrogens is 287 g/mol. The van der Waals surface area contributed by atoms with Crippen molar-refractivity contribution in [1.82, 2.24) is 4.31 Å². The van der Waals surface area contributed by atoms with Crippen LogP contribution in [0.5, 0.6) is 0 Å². The Balaban J connectivity index is 3.18. The molecule has 0 aliphatic rings. The number of hydrogen-bond acceptors (Lipinski definition) is 4. The normalized spacial score (nSPS) is 12.9. The van der Waals surface area contributed by atoms with Gasteiger partial charge in [0.2, 0.25) is 10.0 Å². The van der Waals surface area contributed by atoms with E-state index in [-0.39, 0.29) is 17.0 Å². The Hall–Kier alpha value is -1.98. The molecule has 0 fully saturated rings. The van der Waals surface area contributed by atoms with E-state index in [4.69, 9.17) is 10.4 Å². The third-order valence-corrected chi connectivity index (χ3v) is 4.58. The molecule has 0 amide bonds. The van der Waals surface area contributed by atoms with E-state index in [1.807, 2.05) is 0 Å². The molecule has 1 atom stereocenters. The highest BCUT2D eigenvalue weighted by molar-refractivity contribution is 7.89. The minimum atomic E-state index is -4.05. The van der Waals surface area contributed by atoms with E-state index < -0.39 is 27.7 Å². The molecule has 108 valence electrons. The molecule has 0 saturated carbocycles. The molecule has 1 aromatic carbocycles. The van der Waals surface area contributed by atoms with Crippen LogP contribution in [-0.2, 0) is 14.8 Å². The molecule has 0 aromatic heterocycles. The van der Waals surface area contributed by atoms with Gasteiger partial charge in [0.05, 0.1) is 11.5 Å². The number of sulfonamides is 1. The van der Waals surface area contributed by atoms with Crippen LogP contribution in [0.1, 0.15) is 12.5 Å². The fourth-order valence-electron chi connectivity index (χ4n) is 1.54. The van der Waals surface area contributed by atoms with Crippen molar-refractivity contribution < 1.29 is 22.7 Å². The van der Waals surface area contributed by atoms with Crippen LogP contribution in [0.25, 0.3) is 0 Å². The van der Waals surface area contributed by atoms with Crippen LogP contribution in [0.2, 0.25) is 0 Å². The van der Waals surface area contributed by atoms with Gasteiger partial charge in [-0.15, -0.1) is 0 Å². The van der Waals surface area contributed by atoms with Gasteiger partial charge in [-0.2, -0.15) is 5.26 Å². The van der Waals surface area contributed by atoms with Gasteiger partial charge in [-0.05, 0) is 18.2 Å². The van der Waals surface area contributed by atoms with Gasteiger partial charge < -0.3 is 5.11 Å². The SMILES string of the molecule is CC(CN(C)S(=O)(=O)c1ccc(F)cc1C#N)C(=O)O. The molecule has 8 heteroatoms. The fraction of sp³-hybridized carbons (Fsp3) is 0.333. The third kappa shape index (κ3) is 3.31. The Bertz CT molecular complexity index is 667. The lowest BCUT2D eigenvalue weighted by molar-refractivity contribution is -0.141. The number of aliphatic carboxylic acids is 1. The minimum Gasteiger partial charge on any atom is -0.481 e. The predicted molar refractivity (Wildman–Crippen MR) is 67.7 cm³/mol. The van der Waals surface area contributed by atoms with Crippen molar-refractivity contribution in [3.8, 4) is 6.07 Å². The second-order valence-corrected chi connectivity index (χ2v) is 6.29. The molecule has 20 heavy (non-hydrogen) atoms. The zero-order valence-electron chi connectivity index (χ0n) is 10.9. The van der Waals surface area contributed by atoms with Gasteiger partial charge in [0.1, 0.15) is 16.8 Å². The number of carboxylic acids is 1. The Morgan fingerprint density at radius 3 is 2.65 bits per heavy atom. The van der Waals surface area contributed by atoms with E-state index in [0.29, 0.717) is 0 Å². The van der Waals surface area contributed by atoms with Crippen LogP contribution in [0.4, 0.5) is 4.39 Å². The Kier molecular flexibility index (Phi) is 4.81. The topological polar surface area (TPSA) is 98.5 Å². The van der Waals surface area contributed by atoms with Crippen molar-refractivity contribution in [2.24, 2.45) is 5.92 Å². The van der Waals surface area contributed by atoms with Crippen LogP contribution in [0.15, 0.2) is 23.1 Å². The largest absolute Gasteiger partial charge is 0.481 e. The maximum absolute atomic E-state index is 13.0. The summed E-state index contributed by atoms with van der Waals surface area (Å²) in [5.41, 5.74) is -0.320. The smallest absolute Gasteiger partial charge is 0.307 e. The number of halogens is 1. The van der Waals surface area contributed by atoms with E-state index in [9.17, 15) is 17.6 Å². The van der Waals surface area contributed by atoms with Crippen molar-refractivity contribution in [2.75, 3.05) is 13.6 Å². The van der Waals surface area contributed by atoms with E-state index >= 15 is 0 Å². The standard InChI is InChI=1S/C12H13FN2O4S/c1-8(12(16)17)7-15(2)20(18,19)11-4-3-10(13)5-9(11)6-14/h3-5,8H,7H2,1-2H3,(H,16,17). The summed E-state index contributed by atoms with van der Waals surface area (Å²) in [6, 6.07) is 4.36. The molecule has 0 bridgehead atoms. The molecule has 0 spiro atoms. The molecule has 1 N–H and O–H groups in total. The number of benzene rings is 1. The molecule has 1 aromatic rings. The monoisotopic (exact) mass is 300 g/mol. The van der Waals surface area contributed by atoms with E-state index in [0.717, 1.165) is 22.5 Å². The minimum absolute atomic E-state index is 0.250. The number of rotatable bonds is 5. The summed E-state index contributed by atoms with van der Waals surface area (Å²) in [5.74, 6) is -2.76. The van der Waals surface area contributed by atoms with Gasteiger partial charge in [0.15, 0.2) is 0 Å². The molecular formula is C12H13FN2O4S. The summed E-state index contributed by atoms with van der Waals surface area (Å²) in [6.07, 6.45) is 0. The van der Waals surface area contributed by atoms with E-state index in [1.54, 1.807) is 6.07 Å². The zero-order valence-corrected chi connectivity index (χ0v) is 11.7. The molecule has 6 nitrogen and oxygen atoms in total. The molecule has 1 rings (SSSR count). The molecule has 1 unspecified atom stereocenters. The second-order valence-electron chi connectivity index (χ2n) is 4.28. The highest BCUT2D eigenvalue weighted by atomic mass is 32.2. The molecule has 0 saturated heterocycles. The molecule has 0 radical (unpaired) electrons. The lowest BCUT2D eigenvalue weighted by atomic mass is 10.2. The molecule has 0 aliphatic heterocycles.